The van der Waals surface area contributed by atoms with Gasteiger partial charge in [-0.25, -0.2) is 18.5 Å². The number of aromatic nitrogens is 2. The zero-order valence-corrected chi connectivity index (χ0v) is 10.6. The number of ether oxygens (including phenoxy) is 1. The van der Waals surface area contributed by atoms with Crippen molar-refractivity contribution in [3.63, 3.8) is 0 Å². The third-order valence-electron chi connectivity index (χ3n) is 1.94. The third kappa shape index (κ3) is 5.45. The molecule has 0 unspecified atom stereocenters. The molecule has 0 amide bonds. The second kappa shape index (κ2) is 5.78. The number of anilines is 1. The average molecular weight is 260 g/mol. The molecule has 0 saturated carbocycles. The first-order valence-electron chi connectivity index (χ1n) is 5.05. The highest BCUT2D eigenvalue weighted by atomic mass is 32.2. The Labute approximate surface area is 100 Å². The Kier molecular flexibility index (Phi) is 4.64. The van der Waals surface area contributed by atoms with E-state index in [1.165, 1.54) is 7.11 Å². The van der Waals surface area contributed by atoms with Gasteiger partial charge in [-0.3, -0.25) is 0 Å². The lowest BCUT2D eigenvalue weighted by molar-refractivity contribution is 0.396. The van der Waals surface area contributed by atoms with Gasteiger partial charge in [0.2, 0.25) is 15.9 Å². The summed E-state index contributed by atoms with van der Waals surface area (Å²) in [5.74, 6) is 1.59. The van der Waals surface area contributed by atoms with Crippen LogP contribution in [0.1, 0.15) is 12.2 Å². The van der Waals surface area contributed by atoms with Crippen LogP contribution in [0, 0.1) is 6.92 Å². The monoisotopic (exact) mass is 260 g/mol. The number of nitrogens with zero attached hydrogens (tertiary/aromatic N) is 2. The molecule has 8 heteroatoms. The summed E-state index contributed by atoms with van der Waals surface area (Å²) in [5, 5.41) is 7.87. The zero-order chi connectivity index (χ0) is 12.9. The SMILES string of the molecule is COc1cc(NCCCS(N)(=O)=O)nc(C)n1. The lowest BCUT2D eigenvalue weighted by atomic mass is 10.4. The first-order valence-corrected chi connectivity index (χ1v) is 6.76. The standard InChI is InChI=1S/C9H16N4O3S/c1-7-12-8(6-9(13-7)16-2)11-4-3-5-17(10,14)15/h6H,3-5H2,1-2H3,(H2,10,14,15)(H,11,12,13). The highest BCUT2D eigenvalue weighted by Crippen LogP contribution is 2.12. The summed E-state index contributed by atoms with van der Waals surface area (Å²) in [7, 11) is -1.88. The van der Waals surface area contributed by atoms with Crippen molar-refractivity contribution >= 4 is 15.8 Å². The van der Waals surface area contributed by atoms with E-state index >= 15 is 0 Å². The lowest BCUT2D eigenvalue weighted by Crippen LogP contribution is -2.19. The molecule has 96 valence electrons. The Balaban J connectivity index is 2.49. The smallest absolute Gasteiger partial charge is 0.218 e. The summed E-state index contributed by atoms with van der Waals surface area (Å²) in [6.07, 6.45) is 0.421. The van der Waals surface area contributed by atoms with E-state index < -0.39 is 10.0 Å². The molecule has 1 heterocycles. The van der Waals surface area contributed by atoms with E-state index in [2.05, 4.69) is 15.3 Å². The molecular formula is C9H16N4O3S. The molecule has 0 aliphatic carbocycles. The molecule has 1 rings (SSSR count). The molecule has 3 N–H and O–H groups in total. The first-order chi connectivity index (χ1) is 7.90. The van der Waals surface area contributed by atoms with Gasteiger partial charge in [0, 0.05) is 12.6 Å². The van der Waals surface area contributed by atoms with Crippen molar-refractivity contribution in [3.8, 4) is 5.88 Å². The van der Waals surface area contributed by atoms with Crippen LogP contribution < -0.4 is 15.2 Å². The molecule has 0 aromatic carbocycles. The lowest BCUT2D eigenvalue weighted by Gasteiger charge is -2.07. The van der Waals surface area contributed by atoms with Gasteiger partial charge in [-0.2, -0.15) is 4.98 Å². The van der Waals surface area contributed by atoms with E-state index in [4.69, 9.17) is 9.88 Å². The number of nitrogens with one attached hydrogen (secondary N) is 1. The Bertz CT molecular complexity index is 475. The van der Waals surface area contributed by atoms with Crippen LogP contribution in [0.2, 0.25) is 0 Å². The largest absolute Gasteiger partial charge is 0.481 e. The van der Waals surface area contributed by atoms with Crippen molar-refractivity contribution in [1.29, 1.82) is 0 Å². The molecule has 1 aromatic rings. The fourth-order valence-electron chi connectivity index (χ4n) is 1.23. The highest BCUT2D eigenvalue weighted by molar-refractivity contribution is 7.89. The minimum absolute atomic E-state index is 0.0544. The Morgan fingerprint density at radius 1 is 1.47 bits per heavy atom. The molecule has 0 radical (unpaired) electrons. The van der Waals surface area contributed by atoms with E-state index in [9.17, 15) is 8.42 Å². The quantitative estimate of drug-likeness (QED) is 0.691. The molecule has 0 aliphatic heterocycles. The Morgan fingerprint density at radius 3 is 2.76 bits per heavy atom. The van der Waals surface area contributed by atoms with E-state index in [1.54, 1.807) is 13.0 Å². The van der Waals surface area contributed by atoms with E-state index in [0.717, 1.165) is 0 Å². The highest BCUT2D eigenvalue weighted by Gasteiger charge is 2.03. The molecule has 0 atom stereocenters. The van der Waals surface area contributed by atoms with Crippen LogP contribution >= 0.6 is 0 Å². The zero-order valence-electron chi connectivity index (χ0n) is 9.80. The number of aryl methyl sites for hydroxylation is 1. The van der Waals surface area contributed by atoms with E-state index in [1.807, 2.05) is 0 Å². The molecule has 0 spiro atoms. The van der Waals surface area contributed by atoms with Crippen LogP contribution in [0.5, 0.6) is 5.88 Å². The predicted octanol–water partition coefficient (Wildman–Crippen LogP) is -0.116. The fourth-order valence-corrected chi connectivity index (χ4v) is 1.77. The van der Waals surface area contributed by atoms with Gasteiger partial charge < -0.3 is 10.1 Å². The second-order valence-corrected chi connectivity index (χ2v) is 5.22. The summed E-state index contributed by atoms with van der Waals surface area (Å²) < 4.78 is 26.4. The summed E-state index contributed by atoms with van der Waals surface area (Å²) in [6, 6.07) is 1.64. The first kappa shape index (κ1) is 13.7. The van der Waals surface area contributed by atoms with Gasteiger partial charge in [-0.05, 0) is 13.3 Å². The summed E-state index contributed by atoms with van der Waals surface area (Å²) in [5.41, 5.74) is 0. The molecule has 0 bridgehead atoms. The van der Waals surface area contributed by atoms with Gasteiger partial charge in [-0.1, -0.05) is 0 Å². The minimum atomic E-state index is -3.40. The number of methoxy groups -OCH3 is 1. The van der Waals surface area contributed by atoms with Gasteiger partial charge >= 0.3 is 0 Å². The maximum absolute atomic E-state index is 10.7. The van der Waals surface area contributed by atoms with E-state index in [0.29, 0.717) is 30.5 Å². The second-order valence-electron chi connectivity index (χ2n) is 3.49. The van der Waals surface area contributed by atoms with Crippen molar-refractivity contribution in [2.45, 2.75) is 13.3 Å². The van der Waals surface area contributed by atoms with Gasteiger partial charge in [0.05, 0.1) is 12.9 Å². The third-order valence-corrected chi connectivity index (χ3v) is 2.79. The van der Waals surface area contributed by atoms with Crippen LogP contribution in [0.15, 0.2) is 6.07 Å². The predicted molar refractivity (Wildman–Crippen MR) is 64.4 cm³/mol. The number of rotatable bonds is 6. The van der Waals surface area contributed by atoms with Crippen LogP contribution in [0.3, 0.4) is 0 Å². The van der Waals surface area contributed by atoms with Crippen LogP contribution in [0.4, 0.5) is 5.82 Å². The van der Waals surface area contributed by atoms with Crippen molar-refractivity contribution in [2.75, 3.05) is 24.7 Å². The Hall–Kier alpha value is -1.41. The molecule has 1 aromatic heterocycles. The average Bonchev–Trinajstić information content (AvgIpc) is 2.22. The van der Waals surface area contributed by atoms with Gasteiger partial charge in [-0.15, -0.1) is 0 Å². The number of nitrogens with two attached hydrogens (primary N) is 1. The van der Waals surface area contributed by atoms with Crippen LogP contribution in [-0.4, -0.2) is 37.8 Å². The van der Waals surface area contributed by atoms with Crippen LogP contribution in [-0.2, 0) is 10.0 Å². The maximum atomic E-state index is 10.7. The van der Waals surface area contributed by atoms with Crippen LogP contribution in [0.25, 0.3) is 0 Å². The van der Waals surface area contributed by atoms with Crippen molar-refractivity contribution in [1.82, 2.24) is 9.97 Å². The van der Waals surface area contributed by atoms with Crippen molar-refractivity contribution < 1.29 is 13.2 Å². The number of primary sulfonamides is 1. The Morgan fingerprint density at radius 2 is 2.18 bits per heavy atom. The van der Waals surface area contributed by atoms with Gasteiger partial charge in [0.25, 0.3) is 0 Å². The van der Waals surface area contributed by atoms with E-state index in [-0.39, 0.29) is 5.75 Å². The fraction of sp³-hybridized carbons (Fsp3) is 0.556. The molecule has 0 saturated heterocycles. The molecule has 0 aliphatic rings. The molecular weight excluding hydrogens is 244 g/mol. The summed E-state index contributed by atoms with van der Waals surface area (Å²) >= 11 is 0. The number of sulfonamides is 1. The minimum Gasteiger partial charge on any atom is -0.481 e. The molecule has 7 nitrogen and oxygen atoms in total. The maximum Gasteiger partial charge on any atom is 0.218 e. The molecule has 17 heavy (non-hydrogen) atoms. The van der Waals surface area contributed by atoms with Crippen molar-refractivity contribution in [2.24, 2.45) is 5.14 Å². The number of hydrogen-bond donors (Lipinski definition) is 2. The summed E-state index contributed by atoms with van der Waals surface area (Å²) in [4.78, 5) is 8.16. The normalized spacial score (nSPS) is 11.2. The van der Waals surface area contributed by atoms with Gasteiger partial charge in [0.15, 0.2) is 0 Å². The molecule has 0 fully saturated rings. The van der Waals surface area contributed by atoms with Crippen molar-refractivity contribution in [3.05, 3.63) is 11.9 Å². The number of hydrogen-bond acceptors (Lipinski definition) is 6. The topological polar surface area (TPSA) is 107 Å². The summed E-state index contributed by atoms with van der Waals surface area (Å²) in [6.45, 7) is 2.22. The van der Waals surface area contributed by atoms with Gasteiger partial charge in [0.1, 0.15) is 11.6 Å².